The van der Waals surface area contributed by atoms with Gasteiger partial charge in [0.15, 0.2) is 11.5 Å². The van der Waals surface area contributed by atoms with E-state index in [1.807, 2.05) is 0 Å². The fraction of sp³-hybridized carbons (Fsp3) is 0. The molecule has 0 fully saturated rings. The molecule has 0 atom stereocenters. The average molecular weight is 222 g/mol. The van der Waals surface area contributed by atoms with Crippen LogP contribution in [0.2, 0.25) is 5.02 Å². The van der Waals surface area contributed by atoms with Crippen molar-refractivity contribution in [2.75, 3.05) is 0 Å². The molecule has 0 spiro atoms. The van der Waals surface area contributed by atoms with E-state index < -0.39 is 5.82 Å². The van der Waals surface area contributed by atoms with E-state index in [2.05, 4.69) is 16.0 Å². The molecule has 0 aliphatic carbocycles. The summed E-state index contributed by atoms with van der Waals surface area (Å²) in [6.07, 6.45) is 7.80. The molecule has 0 bridgehead atoms. The van der Waals surface area contributed by atoms with Gasteiger partial charge in [0, 0.05) is 0 Å². The second-order valence-corrected chi connectivity index (χ2v) is 3.16. The molecule has 0 aliphatic heterocycles. The molecule has 0 unspecified atom stereocenters. The number of rotatable bonds is 1. The lowest BCUT2D eigenvalue weighted by molar-refractivity contribution is 0.619. The van der Waals surface area contributed by atoms with Gasteiger partial charge in [0.2, 0.25) is 0 Å². The highest BCUT2D eigenvalue weighted by atomic mass is 35.5. The Morgan fingerprint density at radius 2 is 2.27 bits per heavy atom. The van der Waals surface area contributed by atoms with Crippen molar-refractivity contribution in [1.29, 1.82) is 0 Å². The Balaban J connectivity index is 2.46. The predicted molar refractivity (Wildman–Crippen MR) is 54.3 cm³/mol. The maximum absolute atomic E-state index is 12.6. The van der Waals surface area contributed by atoms with E-state index in [9.17, 15) is 4.39 Å². The van der Waals surface area contributed by atoms with Crippen LogP contribution in [0.5, 0.6) is 0 Å². The lowest BCUT2D eigenvalue weighted by Crippen LogP contribution is -1.98. The first-order chi connectivity index (χ1) is 7.20. The lowest BCUT2D eigenvalue weighted by Gasteiger charge is -1.97. The molecule has 5 heteroatoms. The number of nitrogens with zero attached hydrogens (tertiary/aromatic N) is 3. The van der Waals surface area contributed by atoms with Crippen molar-refractivity contribution in [2.24, 2.45) is 0 Å². The Hall–Kier alpha value is -1.86. The molecule has 0 aliphatic rings. The van der Waals surface area contributed by atoms with Gasteiger partial charge in [-0.3, -0.25) is 0 Å². The van der Waals surface area contributed by atoms with E-state index in [4.69, 9.17) is 18.0 Å². The summed E-state index contributed by atoms with van der Waals surface area (Å²) in [7, 11) is 0. The SMILES string of the molecule is C#Cc1nn(-c2ccc(F)cn2)cc1Cl. The molecule has 0 saturated heterocycles. The minimum atomic E-state index is -0.408. The molecule has 2 aromatic rings. The van der Waals surface area contributed by atoms with E-state index >= 15 is 0 Å². The zero-order chi connectivity index (χ0) is 10.8. The number of halogens is 2. The summed E-state index contributed by atoms with van der Waals surface area (Å²) in [5.41, 5.74) is 0.336. The summed E-state index contributed by atoms with van der Waals surface area (Å²) in [6, 6.07) is 2.77. The van der Waals surface area contributed by atoms with Crippen molar-refractivity contribution in [1.82, 2.24) is 14.8 Å². The number of hydrogen-bond donors (Lipinski definition) is 0. The summed E-state index contributed by atoms with van der Waals surface area (Å²) in [5, 5.41) is 4.36. The second kappa shape index (κ2) is 3.71. The van der Waals surface area contributed by atoms with E-state index in [0.29, 0.717) is 16.5 Å². The molecule has 0 radical (unpaired) electrons. The molecule has 15 heavy (non-hydrogen) atoms. The summed E-state index contributed by atoms with van der Waals surface area (Å²) < 4.78 is 14.0. The zero-order valence-corrected chi connectivity index (χ0v) is 8.24. The quantitative estimate of drug-likeness (QED) is 0.690. The molecule has 2 heterocycles. The van der Waals surface area contributed by atoms with Crippen LogP contribution in [0.25, 0.3) is 5.82 Å². The van der Waals surface area contributed by atoms with Gasteiger partial charge in [0.1, 0.15) is 5.82 Å². The smallest absolute Gasteiger partial charge is 0.154 e. The molecule has 0 amide bonds. The van der Waals surface area contributed by atoms with Crippen LogP contribution < -0.4 is 0 Å². The van der Waals surface area contributed by atoms with Gasteiger partial charge in [0.05, 0.1) is 17.4 Å². The van der Waals surface area contributed by atoms with Crippen LogP contribution in [0.3, 0.4) is 0 Å². The van der Waals surface area contributed by atoms with Crippen molar-refractivity contribution in [3.63, 3.8) is 0 Å². The third-order valence-electron chi connectivity index (χ3n) is 1.75. The van der Waals surface area contributed by atoms with Crippen molar-refractivity contribution < 1.29 is 4.39 Å². The summed E-state index contributed by atoms with van der Waals surface area (Å²) in [6.45, 7) is 0. The van der Waals surface area contributed by atoms with Crippen LogP contribution in [-0.2, 0) is 0 Å². The van der Waals surface area contributed by atoms with Gasteiger partial charge in [-0.05, 0) is 18.1 Å². The summed E-state index contributed by atoms with van der Waals surface area (Å²) >= 11 is 5.80. The van der Waals surface area contributed by atoms with E-state index in [1.165, 1.54) is 23.0 Å². The van der Waals surface area contributed by atoms with Crippen molar-refractivity contribution in [2.45, 2.75) is 0 Å². The third-order valence-corrected chi connectivity index (χ3v) is 2.03. The minimum absolute atomic E-state index is 0.336. The standard InChI is InChI=1S/C10H5ClFN3/c1-2-9-8(11)6-15(14-9)10-4-3-7(12)5-13-10/h1,3-6H. The molecular formula is C10H5ClFN3. The molecular weight excluding hydrogens is 217 g/mol. The monoisotopic (exact) mass is 221 g/mol. The van der Waals surface area contributed by atoms with E-state index in [0.717, 1.165) is 6.20 Å². The second-order valence-electron chi connectivity index (χ2n) is 2.75. The van der Waals surface area contributed by atoms with Gasteiger partial charge in [-0.15, -0.1) is 6.42 Å². The number of hydrogen-bond acceptors (Lipinski definition) is 2. The van der Waals surface area contributed by atoms with Crippen LogP contribution in [0, 0.1) is 18.2 Å². The van der Waals surface area contributed by atoms with E-state index in [-0.39, 0.29) is 0 Å². The first-order valence-electron chi connectivity index (χ1n) is 4.04. The third kappa shape index (κ3) is 1.83. The van der Waals surface area contributed by atoms with Gasteiger partial charge in [-0.1, -0.05) is 11.6 Å². The van der Waals surface area contributed by atoms with Crippen LogP contribution in [0.1, 0.15) is 5.69 Å². The fourth-order valence-electron chi connectivity index (χ4n) is 1.07. The maximum atomic E-state index is 12.6. The number of terminal acetylenes is 1. The topological polar surface area (TPSA) is 30.7 Å². The summed E-state index contributed by atoms with van der Waals surface area (Å²) in [5.74, 6) is 2.38. The molecule has 2 rings (SSSR count). The molecule has 0 N–H and O–H groups in total. The zero-order valence-electron chi connectivity index (χ0n) is 7.48. The normalized spacial score (nSPS) is 9.93. The average Bonchev–Trinajstić information content (AvgIpc) is 2.61. The Morgan fingerprint density at radius 3 is 2.80 bits per heavy atom. The highest BCUT2D eigenvalue weighted by Crippen LogP contribution is 2.15. The van der Waals surface area contributed by atoms with Crippen molar-refractivity contribution >= 4 is 11.6 Å². The van der Waals surface area contributed by atoms with Gasteiger partial charge < -0.3 is 0 Å². The fourth-order valence-corrected chi connectivity index (χ4v) is 1.26. The first kappa shape index (κ1) is 9.69. The van der Waals surface area contributed by atoms with Crippen LogP contribution in [-0.4, -0.2) is 14.8 Å². The number of aromatic nitrogens is 3. The first-order valence-corrected chi connectivity index (χ1v) is 4.42. The van der Waals surface area contributed by atoms with Crippen LogP contribution in [0.4, 0.5) is 4.39 Å². The van der Waals surface area contributed by atoms with Gasteiger partial charge in [0.25, 0.3) is 0 Å². The van der Waals surface area contributed by atoms with E-state index in [1.54, 1.807) is 0 Å². The Morgan fingerprint density at radius 1 is 1.47 bits per heavy atom. The Kier molecular flexibility index (Phi) is 2.40. The molecule has 3 nitrogen and oxygen atoms in total. The Labute approximate surface area is 90.5 Å². The van der Waals surface area contributed by atoms with Crippen molar-refractivity contribution in [3.05, 3.63) is 41.1 Å². The lowest BCUT2D eigenvalue weighted by atomic mass is 10.4. The maximum Gasteiger partial charge on any atom is 0.154 e. The highest BCUT2D eigenvalue weighted by molar-refractivity contribution is 6.31. The van der Waals surface area contributed by atoms with Crippen LogP contribution in [0.15, 0.2) is 24.5 Å². The molecule has 74 valence electrons. The predicted octanol–water partition coefficient (Wildman–Crippen LogP) is 2.04. The number of pyridine rings is 1. The Bertz CT molecular complexity index is 525. The van der Waals surface area contributed by atoms with Gasteiger partial charge in [-0.25, -0.2) is 14.1 Å². The summed E-state index contributed by atoms with van der Waals surface area (Å²) in [4.78, 5) is 3.84. The van der Waals surface area contributed by atoms with Crippen molar-refractivity contribution in [3.8, 4) is 18.2 Å². The molecule has 2 aromatic heterocycles. The van der Waals surface area contributed by atoms with Crippen LogP contribution >= 0.6 is 11.6 Å². The largest absolute Gasteiger partial charge is 0.234 e. The van der Waals surface area contributed by atoms with Gasteiger partial charge in [-0.2, -0.15) is 5.10 Å². The molecule has 0 aromatic carbocycles. The minimum Gasteiger partial charge on any atom is -0.234 e. The van der Waals surface area contributed by atoms with Gasteiger partial charge >= 0.3 is 0 Å². The molecule has 0 saturated carbocycles. The highest BCUT2D eigenvalue weighted by Gasteiger charge is 2.06.